The molecule has 4 rings (SSSR count). The molecule has 0 saturated heterocycles. The average Bonchev–Trinajstić information content (AvgIpc) is 3.23. The van der Waals surface area contributed by atoms with Crippen LogP contribution in [0.5, 0.6) is 0 Å². The van der Waals surface area contributed by atoms with Crippen molar-refractivity contribution in [1.82, 2.24) is 14.5 Å². The molecule has 0 saturated carbocycles. The fourth-order valence-electron chi connectivity index (χ4n) is 4.02. The number of aromatic nitrogens is 3. The third-order valence-electron chi connectivity index (χ3n) is 5.73. The lowest BCUT2D eigenvalue weighted by atomic mass is 10.1. The quantitative estimate of drug-likeness (QED) is 0.285. The summed E-state index contributed by atoms with van der Waals surface area (Å²) < 4.78 is 38.8. The number of aryl methyl sites for hydroxylation is 1. The molecule has 0 unspecified atom stereocenters. The van der Waals surface area contributed by atoms with Gasteiger partial charge in [0.1, 0.15) is 17.9 Å². The Morgan fingerprint density at radius 2 is 1.89 bits per heavy atom. The van der Waals surface area contributed by atoms with E-state index in [0.717, 1.165) is 23.1 Å². The minimum atomic E-state index is -3.55. The topological polar surface area (TPSA) is 109 Å². The molecule has 9 heteroatoms. The molecule has 0 spiro atoms. The van der Waals surface area contributed by atoms with Crippen molar-refractivity contribution in [2.45, 2.75) is 51.3 Å². The number of anilines is 1. The lowest BCUT2D eigenvalue weighted by Crippen LogP contribution is -2.10. The van der Waals surface area contributed by atoms with Crippen molar-refractivity contribution in [3.05, 3.63) is 65.3 Å². The van der Waals surface area contributed by atoms with E-state index in [4.69, 9.17) is 20.2 Å². The number of fused-ring (bicyclic) bond motifs is 3. The van der Waals surface area contributed by atoms with Crippen molar-refractivity contribution < 1.29 is 17.9 Å². The van der Waals surface area contributed by atoms with Crippen molar-refractivity contribution in [1.29, 1.82) is 0 Å². The Labute approximate surface area is 211 Å². The molecular formula is C27H32N4O4S. The van der Waals surface area contributed by atoms with Gasteiger partial charge in [-0.25, -0.2) is 18.4 Å². The smallest absolute Gasteiger partial charge is 0.199 e. The fraction of sp³-hybridized carbons (Fsp3) is 0.333. The van der Waals surface area contributed by atoms with Gasteiger partial charge in [-0.15, -0.1) is 0 Å². The molecule has 2 aromatic heterocycles. The zero-order chi connectivity index (χ0) is 25.7. The highest BCUT2D eigenvalue weighted by Gasteiger charge is 2.18. The van der Waals surface area contributed by atoms with Gasteiger partial charge in [-0.1, -0.05) is 30.3 Å². The lowest BCUT2D eigenvalue weighted by molar-refractivity contribution is 0.0742. The SMILES string of the molecule is CCOCc1nc2c(N)nc3cc(C=CS(=O)(=O)c4ccccc4)ccc3c2n1CCCOC(C)C. The molecule has 0 atom stereocenters. The summed E-state index contributed by atoms with van der Waals surface area (Å²) in [6, 6.07) is 14.0. The predicted octanol–water partition coefficient (Wildman–Crippen LogP) is 4.96. The molecule has 36 heavy (non-hydrogen) atoms. The molecule has 0 radical (unpaired) electrons. The minimum Gasteiger partial charge on any atom is -0.382 e. The van der Waals surface area contributed by atoms with Crippen LogP contribution in [0, 0.1) is 0 Å². The number of sulfone groups is 1. The number of imidazole rings is 1. The molecule has 0 aliphatic heterocycles. The van der Waals surface area contributed by atoms with Crippen LogP contribution in [0.3, 0.4) is 0 Å². The Kier molecular flexibility index (Phi) is 8.03. The second-order valence-electron chi connectivity index (χ2n) is 8.72. The molecule has 4 aromatic rings. The van der Waals surface area contributed by atoms with Gasteiger partial charge < -0.3 is 19.8 Å². The Morgan fingerprint density at radius 1 is 1.11 bits per heavy atom. The zero-order valence-corrected chi connectivity index (χ0v) is 21.7. The van der Waals surface area contributed by atoms with Crippen LogP contribution >= 0.6 is 0 Å². The molecule has 2 aromatic carbocycles. The predicted molar refractivity (Wildman–Crippen MR) is 143 cm³/mol. The Bertz CT molecular complexity index is 1480. The van der Waals surface area contributed by atoms with Gasteiger partial charge in [0.25, 0.3) is 0 Å². The van der Waals surface area contributed by atoms with E-state index in [0.29, 0.717) is 48.8 Å². The fourth-order valence-corrected chi connectivity index (χ4v) is 5.05. The third kappa shape index (κ3) is 5.75. The van der Waals surface area contributed by atoms with Gasteiger partial charge in [0.2, 0.25) is 0 Å². The van der Waals surface area contributed by atoms with Crippen LogP contribution in [0.2, 0.25) is 0 Å². The molecular weight excluding hydrogens is 476 g/mol. The maximum absolute atomic E-state index is 12.6. The highest BCUT2D eigenvalue weighted by Crippen LogP contribution is 2.30. The minimum absolute atomic E-state index is 0.172. The summed E-state index contributed by atoms with van der Waals surface area (Å²) in [6.45, 7) is 8.26. The normalized spacial score (nSPS) is 12.4. The monoisotopic (exact) mass is 508 g/mol. The van der Waals surface area contributed by atoms with Gasteiger partial charge in [-0.3, -0.25) is 0 Å². The van der Waals surface area contributed by atoms with Gasteiger partial charge in [0, 0.05) is 30.6 Å². The molecule has 0 bridgehead atoms. The van der Waals surface area contributed by atoms with E-state index in [2.05, 4.69) is 9.55 Å². The number of nitrogens with two attached hydrogens (primary N) is 1. The molecule has 0 aliphatic rings. The van der Waals surface area contributed by atoms with Gasteiger partial charge in [0.05, 0.1) is 22.0 Å². The summed E-state index contributed by atoms with van der Waals surface area (Å²) >= 11 is 0. The summed E-state index contributed by atoms with van der Waals surface area (Å²) in [6.07, 6.45) is 2.56. The molecule has 2 heterocycles. The maximum atomic E-state index is 12.6. The first-order valence-corrected chi connectivity index (χ1v) is 13.6. The molecule has 0 amide bonds. The number of benzene rings is 2. The largest absolute Gasteiger partial charge is 0.382 e. The van der Waals surface area contributed by atoms with Gasteiger partial charge in [-0.05, 0) is 57.0 Å². The first-order chi connectivity index (χ1) is 17.3. The van der Waals surface area contributed by atoms with Crippen LogP contribution in [0.4, 0.5) is 5.82 Å². The summed E-state index contributed by atoms with van der Waals surface area (Å²) in [5.74, 6) is 1.11. The number of hydrogen-bond donors (Lipinski definition) is 1. The van der Waals surface area contributed by atoms with Gasteiger partial charge in [0.15, 0.2) is 15.7 Å². The number of ether oxygens (including phenoxy) is 2. The van der Waals surface area contributed by atoms with Crippen LogP contribution in [0.25, 0.3) is 28.0 Å². The lowest BCUT2D eigenvalue weighted by Gasteiger charge is -2.12. The van der Waals surface area contributed by atoms with E-state index in [1.54, 1.807) is 36.4 Å². The van der Waals surface area contributed by atoms with Crippen LogP contribution in [0.15, 0.2) is 58.8 Å². The second kappa shape index (κ2) is 11.2. The van der Waals surface area contributed by atoms with Crippen molar-refractivity contribution in [3.8, 4) is 0 Å². The maximum Gasteiger partial charge on any atom is 0.199 e. The first kappa shape index (κ1) is 25.8. The number of rotatable bonds is 11. The van der Waals surface area contributed by atoms with Crippen molar-refractivity contribution in [2.24, 2.45) is 0 Å². The first-order valence-electron chi connectivity index (χ1n) is 12.1. The highest BCUT2D eigenvalue weighted by molar-refractivity contribution is 7.94. The molecule has 8 nitrogen and oxygen atoms in total. The van der Waals surface area contributed by atoms with E-state index in [1.807, 2.05) is 39.0 Å². The summed E-state index contributed by atoms with van der Waals surface area (Å²) in [5, 5.41) is 2.10. The average molecular weight is 509 g/mol. The molecule has 190 valence electrons. The van der Waals surface area contributed by atoms with Crippen molar-refractivity contribution in [3.63, 3.8) is 0 Å². The number of nitrogens with zero attached hydrogens (tertiary/aromatic N) is 3. The summed E-state index contributed by atoms with van der Waals surface area (Å²) in [7, 11) is -3.55. The van der Waals surface area contributed by atoms with E-state index in [9.17, 15) is 8.42 Å². The zero-order valence-electron chi connectivity index (χ0n) is 20.8. The van der Waals surface area contributed by atoms with E-state index in [1.165, 1.54) is 5.41 Å². The van der Waals surface area contributed by atoms with Crippen molar-refractivity contribution >= 4 is 43.7 Å². The molecule has 2 N–H and O–H groups in total. The van der Waals surface area contributed by atoms with Gasteiger partial charge >= 0.3 is 0 Å². The second-order valence-corrected chi connectivity index (χ2v) is 10.6. The van der Waals surface area contributed by atoms with Gasteiger partial charge in [-0.2, -0.15) is 0 Å². The van der Waals surface area contributed by atoms with Crippen LogP contribution < -0.4 is 5.73 Å². The standard InChI is InChI=1S/C27H32N4O4S/c1-4-34-18-24-30-25-26(31(24)14-8-15-35-19(2)3)22-12-11-20(17-23(22)29-27(25)28)13-16-36(32,33)21-9-6-5-7-10-21/h5-7,9-13,16-17,19H,4,8,14-15,18H2,1-3H3,(H2,28,29). The van der Waals surface area contributed by atoms with E-state index in [-0.39, 0.29) is 11.0 Å². The van der Waals surface area contributed by atoms with Crippen LogP contribution in [-0.2, 0) is 32.5 Å². The van der Waals surface area contributed by atoms with Crippen molar-refractivity contribution in [2.75, 3.05) is 18.9 Å². The molecule has 0 fully saturated rings. The number of nitrogen functional groups attached to an aromatic ring is 1. The Hall–Kier alpha value is -3.27. The Morgan fingerprint density at radius 3 is 2.61 bits per heavy atom. The van der Waals surface area contributed by atoms with E-state index >= 15 is 0 Å². The van der Waals surface area contributed by atoms with Crippen LogP contribution in [-0.4, -0.2) is 42.3 Å². The number of pyridine rings is 1. The third-order valence-corrected chi connectivity index (χ3v) is 7.15. The molecule has 0 aliphatic carbocycles. The highest BCUT2D eigenvalue weighted by atomic mass is 32.2. The Balaban J connectivity index is 1.73. The van der Waals surface area contributed by atoms with E-state index < -0.39 is 9.84 Å². The summed E-state index contributed by atoms with van der Waals surface area (Å²) in [5.41, 5.74) is 9.24. The number of hydrogen-bond acceptors (Lipinski definition) is 7. The van der Waals surface area contributed by atoms with Crippen LogP contribution in [0.1, 0.15) is 38.6 Å². The summed E-state index contributed by atoms with van der Waals surface area (Å²) in [4.78, 5) is 9.58.